The smallest absolute Gasteiger partial charge is 0.407 e. The molecule has 8 heteroatoms. The SMILES string of the molecule is COC(=O)NC(C(=O)N1CC2(CC2)CC1c1nc2ccc(Br)cc2[nH]1)C(C)C. The first-order chi connectivity index (χ1) is 13.3. The van der Waals surface area contributed by atoms with Crippen LogP contribution in [0.2, 0.25) is 0 Å². The van der Waals surface area contributed by atoms with Crippen molar-refractivity contribution in [3.8, 4) is 0 Å². The molecular weight excluding hydrogens is 424 g/mol. The lowest BCUT2D eigenvalue weighted by Gasteiger charge is -2.30. The second kappa shape index (κ2) is 7.06. The number of likely N-dealkylation sites (tertiary alicyclic amines) is 1. The van der Waals surface area contributed by atoms with Gasteiger partial charge in [-0.25, -0.2) is 9.78 Å². The lowest BCUT2D eigenvalue weighted by Crippen LogP contribution is -2.51. The zero-order valence-corrected chi connectivity index (χ0v) is 17.9. The van der Waals surface area contributed by atoms with Gasteiger partial charge in [-0.15, -0.1) is 0 Å². The molecule has 150 valence electrons. The molecule has 2 N–H and O–H groups in total. The molecule has 0 radical (unpaired) electrons. The molecule has 1 spiro atoms. The number of imidazole rings is 1. The van der Waals surface area contributed by atoms with Gasteiger partial charge in [0, 0.05) is 11.0 Å². The van der Waals surface area contributed by atoms with E-state index in [1.807, 2.05) is 36.9 Å². The number of aromatic nitrogens is 2. The Morgan fingerprint density at radius 3 is 2.79 bits per heavy atom. The van der Waals surface area contributed by atoms with Crippen molar-refractivity contribution in [1.82, 2.24) is 20.2 Å². The predicted molar refractivity (Wildman–Crippen MR) is 109 cm³/mol. The summed E-state index contributed by atoms with van der Waals surface area (Å²) in [5, 5.41) is 2.71. The summed E-state index contributed by atoms with van der Waals surface area (Å²) in [5.41, 5.74) is 2.03. The number of alkyl carbamates (subject to hydrolysis) is 1. The van der Waals surface area contributed by atoms with Crippen molar-refractivity contribution in [2.24, 2.45) is 11.3 Å². The number of halogens is 1. The summed E-state index contributed by atoms with van der Waals surface area (Å²) in [6.07, 6.45) is 2.59. The zero-order chi connectivity index (χ0) is 20.1. The summed E-state index contributed by atoms with van der Waals surface area (Å²) in [4.78, 5) is 35.2. The number of methoxy groups -OCH3 is 1. The molecule has 2 aliphatic rings. The summed E-state index contributed by atoms with van der Waals surface area (Å²) >= 11 is 3.49. The predicted octanol–water partition coefficient (Wildman–Crippen LogP) is 3.76. The van der Waals surface area contributed by atoms with Crippen LogP contribution in [0, 0.1) is 11.3 Å². The number of rotatable bonds is 4. The quantitative estimate of drug-likeness (QED) is 0.744. The molecule has 2 atom stereocenters. The number of amides is 2. The zero-order valence-electron chi connectivity index (χ0n) is 16.3. The van der Waals surface area contributed by atoms with Gasteiger partial charge in [0.05, 0.1) is 24.2 Å². The number of benzene rings is 1. The fraction of sp³-hybridized carbons (Fsp3) is 0.550. The minimum atomic E-state index is -0.623. The van der Waals surface area contributed by atoms with Crippen LogP contribution in [0.15, 0.2) is 22.7 Å². The summed E-state index contributed by atoms with van der Waals surface area (Å²) in [7, 11) is 1.31. The van der Waals surface area contributed by atoms with Crippen molar-refractivity contribution >= 4 is 39.0 Å². The Bertz CT molecular complexity index is 921. The Balaban J connectivity index is 1.65. The van der Waals surface area contributed by atoms with Crippen LogP contribution in [0.3, 0.4) is 0 Å². The fourth-order valence-electron chi connectivity index (χ4n) is 4.11. The molecule has 28 heavy (non-hydrogen) atoms. The molecule has 2 unspecified atom stereocenters. The van der Waals surface area contributed by atoms with Crippen molar-refractivity contribution in [3.63, 3.8) is 0 Å². The van der Waals surface area contributed by atoms with Crippen molar-refractivity contribution in [2.45, 2.75) is 45.2 Å². The second-order valence-corrected chi connectivity index (χ2v) is 9.24. The molecule has 1 aromatic carbocycles. The van der Waals surface area contributed by atoms with E-state index in [1.165, 1.54) is 7.11 Å². The number of ether oxygens (including phenoxy) is 1. The highest BCUT2D eigenvalue weighted by Crippen LogP contribution is 2.58. The highest BCUT2D eigenvalue weighted by molar-refractivity contribution is 9.10. The number of H-pyrrole nitrogens is 1. The van der Waals surface area contributed by atoms with Crippen LogP contribution in [0.5, 0.6) is 0 Å². The van der Waals surface area contributed by atoms with E-state index in [0.29, 0.717) is 6.54 Å². The number of aromatic amines is 1. The molecule has 7 nitrogen and oxygen atoms in total. The number of carbonyl (C=O) groups excluding carboxylic acids is 2. The summed E-state index contributed by atoms with van der Waals surface area (Å²) < 4.78 is 5.70. The van der Waals surface area contributed by atoms with Gasteiger partial charge >= 0.3 is 6.09 Å². The third-order valence-corrected chi connectivity index (χ3v) is 6.41. The normalized spacial score (nSPS) is 21.3. The van der Waals surface area contributed by atoms with E-state index in [-0.39, 0.29) is 23.3 Å². The van der Waals surface area contributed by atoms with Crippen LogP contribution in [-0.4, -0.2) is 46.6 Å². The molecule has 2 fully saturated rings. The number of fused-ring (bicyclic) bond motifs is 1. The molecule has 2 amide bonds. The van der Waals surface area contributed by atoms with Crippen LogP contribution >= 0.6 is 15.9 Å². The van der Waals surface area contributed by atoms with Gasteiger partial charge in [-0.3, -0.25) is 4.79 Å². The maximum absolute atomic E-state index is 13.4. The van der Waals surface area contributed by atoms with Crippen molar-refractivity contribution in [1.29, 1.82) is 0 Å². The van der Waals surface area contributed by atoms with Crippen LogP contribution < -0.4 is 5.32 Å². The highest BCUT2D eigenvalue weighted by atomic mass is 79.9. The molecule has 4 rings (SSSR count). The molecular formula is C20H25BrN4O3. The number of nitrogens with one attached hydrogen (secondary N) is 2. The maximum Gasteiger partial charge on any atom is 0.407 e. The minimum Gasteiger partial charge on any atom is -0.453 e. The van der Waals surface area contributed by atoms with Crippen molar-refractivity contribution in [2.75, 3.05) is 13.7 Å². The Morgan fingerprint density at radius 2 is 2.14 bits per heavy atom. The van der Waals surface area contributed by atoms with Gasteiger partial charge in [-0.2, -0.15) is 0 Å². The third kappa shape index (κ3) is 3.50. The number of hydrogen-bond donors (Lipinski definition) is 2. The molecule has 2 heterocycles. The van der Waals surface area contributed by atoms with Crippen LogP contribution in [0.25, 0.3) is 11.0 Å². The Kier molecular flexibility index (Phi) is 4.85. The molecule has 2 aromatic rings. The van der Waals surface area contributed by atoms with Gasteiger partial charge in [-0.05, 0) is 48.8 Å². The highest BCUT2D eigenvalue weighted by Gasteiger charge is 2.55. The van der Waals surface area contributed by atoms with E-state index in [0.717, 1.165) is 40.6 Å². The van der Waals surface area contributed by atoms with Crippen LogP contribution in [0.1, 0.15) is 45.0 Å². The summed E-state index contributed by atoms with van der Waals surface area (Å²) in [6, 6.07) is 5.19. The van der Waals surface area contributed by atoms with Crippen LogP contribution in [0.4, 0.5) is 4.79 Å². The van der Waals surface area contributed by atoms with E-state index >= 15 is 0 Å². The second-order valence-electron chi connectivity index (χ2n) is 8.33. The standard InChI is InChI=1S/C20H25BrN4O3/c1-11(2)16(24-19(27)28-3)18(26)25-10-20(6-7-20)9-15(25)17-22-13-5-4-12(21)8-14(13)23-17/h4-5,8,11,15-16H,6-7,9-10H2,1-3H3,(H,22,23)(H,24,27). The molecule has 1 aliphatic carbocycles. The first-order valence-electron chi connectivity index (χ1n) is 9.62. The first-order valence-corrected chi connectivity index (χ1v) is 10.4. The summed E-state index contributed by atoms with van der Waals surface area (Å²) in [6.45, 7) is 4.56. The number of hydrogen-bond acceptors (Lipinski definition) is 4. The summed E-state index contributed by atoms with van der Waals surface area (Å²) in [5.74, 6) is 0.691. The van der Waals surface area contributed by atoms with Crippen LogP contribution in [-0.2, 0) is 9.53 Å². The van der Waals surface area contributed by atoms with Crippen molar-refractivity contribution in [3.05, 3.63) is 28.5 Å². The largest absolute Gasteiger partial charge is 0.453 e. The topological polar surface area (TPSA) is 87.3 Å². The van der Waals surface area contributed by atoms with Gasteiger partial charge in [-0.1, -0.05) is 29.8 Å². The average molecular weight is 449 g/mol. The molecule has 0 bridgehead atoms. The van der Waals surface area contributed by atoms with Crippen molar-refractivity contribution < 1.29 is 14.3 Å². The number of carbonyl (C=O) groups is 2. The van der Waals surface area contributed by atoms with E-state index in [2.05, 4.69) is 26.2 Å². The van der Waals surface area contributed by atoms with E-state index in [1.54, 1.807) is 0 Å². The lowest BCUT2D eigenvalue weighted by atomic mass is 10.0. The van der Waals surface area contributed by atoms with Gasteiger partial charge < -0.3 is 19.9 Å². The Hall–Kier alpha value is -2.09. The van der Waals surface area contributed by atoms with Gasteiger partial charge in [0.2, 0.25) is 5.91 Å². The van der Waals surface area contributed by atoms with E-state index in [9.17, 15) is 9.59 Å². The lowest BCUT2D eigenvalue weighted by molar-refractivity contribution is -0.135. The third-order valence-electron chi connectivity index (χ3n) is 5.92. The Labute approximate surface area is 172 Å². The molecule has 1 saturated carbocycles. The Morgan fingerprint density at radius 1 is 1.39 bits per heavy atom. The monoisotopic (exact) mass is 448 g/mol. The molecule has 1 aromatic heterocycles. The minimum absolute atomic E-state index is 0.0466. The maximum atomic E-state index is 13.4. The van der Waals surface area contributed by atoms with E-state index < -0.39 is 12.1 Å². The fourth-order valence-corrected chi connectivity index (χ4v) is 4.47. The number of nitrogens with zero attached hydrogens (tertiary/aromatic N) is 2. The van der Waals surface area contributed by atoms with E-state index in [4.69, 9.17) is 9.72 Å². The first kappa shape index (κ1) is 19.2. The van der Waals surface area contributed by atoms with Gasteiger partial charge in [0.25, 0.3) is 0 Å². The van der Waals surface area contributed by atoms with Gasteiger partial charge in [0.1, 0.15) is 11.9 Å². The molecule has 1 aliphatic heterocycles. The average Bonchev–Trinajstić information content (AvgIpc) is 3.11. The molecule has 1 saturated heterocycles. The van der Waals surface area contributed by atoms with Gasteiger partial charge in [0.15, 0.2) is 0 Å².